The molecule has 4 nitrogen and oxygen atoms in total. The van der Waals surface area contributed by atoms with E-state index >= 15 is 0 Å². The molecule has 2 fully saturated rings. The van der Waals surface area contributed by atoms with Crippen molar-refractivity contribution in [1.29, 1.82) is 0 Å². The Morgan fingerprint density at radius 1 is 1.29 bits per heavy atom. The molecule has 1 amide bonds. The Labute approximate surface area is 138 Å². The van der Waals surface area contributed by atoms with Crippen molar-refractivity contribution in [3.63, 3.8) is 0 Å². The summed E-state index contributed by atoms with van der Waals surface area (Å²) < 4.78 is 6.48. The molecule has 2 aliphatic rings. The number of nitrogens with zero attached hydrogens (tertiary/aromatic N) is 1. The van der Waals surface area contributed by atoms with Gasteiger partial charge >= 0.3 is 5.97 Å². The average molecular weight is 399 g/mol. The summed E-state index contributed by atoms with van der Waals surface area (Å²) in [4.78, 5) is 25.6. The third kappa shape index (κ3) is 3.96. The van der Waals surface area contributed by atoms with Crippen molar-refractivity contribution in [2.75, 3.05) is 13.2 Å². The van der Waals surface area contributed by atoms with Crippen LogP contribution in [0.3, 0.4) is 0 Å². The van der Waals surface area contributed by atoms with Gasteiger partial charge in [0, 0.05) is 28.5 Å². The summed E-state index contributed by atoms with van der Waals surface area (Å²) in [5, 5.41) is 0. The Morgan fingerprint density at radius 2 is 2.00 bits per heavy atom. The van der Waals surface area contributed by atoms with Crippen LogP contribution in [0.4, 0.5) is 0 Å². The van der Waals surface area contributed by atoms with Crippen LogP contribution in [-0.2, 0) is 20.7 Å². The smallest absolute Gasteiger partial charge is 0.310 e. The second-order valence-corrected chi connectivity index (χ2v) is 7.08. The molecule has 1 saturated heterocycles. The normalized spacial score (nSPS) is 21.7. The number of amides is 1. The van der Waals surface area contributed by atoms with Crippen molar-refractivity contribution in [1.82, 2.24) is 4.90 Å². The van der Waals surface area contributed by atoms with Gasteiger partial charge in [-0.25, -0.2) is 0 Å². The molecule has 0 bridgehead atoms. The van der Waals surface area contributed by atoms with Crippen LogP contribution in [0.2, 0.25) is 0 Å². The van der Waals surface area contributed by atoms with Gasteiger partial charge in [0.15, 0.2) is 0 Å². The van der Waals surface area contributed by atoms with E-state index in [1.54, 1.807) is 0 Å². The molecule has 0 radical (unpaired) electrons. The molecular weight excluding hydrogens is 381 g/mol. The van der Waals surface area contributed by atoms with E-state index in [1.165, 1.54) is 0 Å². The maximum Gasteiger partial charge on any atom is 0.310 e. The minimum absolute atomic E-state index is 0.166. The second-order valence-electron chi connectivity index (χ2n) is 5.83. The molecular formula is C16H18INO3. The minimum atomic E-state index is -0.214. The number of ether oxygens (including phenoxy) is 1. The molecule has 1 aliphatic carbocycles. The van der Waals surface area contributed by atoms with Crippen molar-refractivity contribution in [2.24, 2.45) is 5.92 Å². The van der Waals surface area contributed by atoms with Gasteiger partial charge in [-0.05, 0) is 53.1 Å². The molecule has 1 saturated carbocycles. The van der Waals surface area contributed by atoms with E-state index in [2.05, 4.69) is 22.6 Å². The molecule has 1 aromatic carbocycles. The maximum absolute atomic E-state index is 11.8. The van der Waals surface area contributed by atoms with Crippen LogP contribution in [0.15, 0.2) is 24.3 Å². The number of carbonyl (C=O) groups is 2. The van der Waals surface area contributed by atoms with Crippen LogP contribution in [0, 0.1) is 9.49 Å². The van der Waals surface area contributed by atoms with Crippen molar-refractivity contribution < 1.29 is 14.3 Å². The van der Waals surface area contributed by atoms with Gasteiger partial charge in [0.2, 0.25) is 5.91 Å². The fraction of sp³-hybridized carbons (Fsp3) is 0.500. The van der Waals surface area contributed by atoms with E-state index in [4.69, 9.17) is 4.74 Å². The van der Waals surface area contributed by atoms with Crippen LogP contribution in [-0.4, -0.2) is 36.0 Å². The van der Waals surface area contributed by atoms with E-state index in [0.29, 0.717) is 25.5 Å². The predicted molar refractivity (Wildman–Crippen MR) is 86.7 cm³/mol. The SMILES string of the molecule is O=C(Cc1ccc(I)cc1)OCC1CC(=O)N(C2CC2)C1. The number of rotatable bonds is 5. The molecule has 5 heteroatoms. The first-order valence-electron chi connectivity index (χ1n) is 7.31. The quantitative estimate of drug-likeness (QED) is 0.565. The first-order valence-corrected chi connectivity index (χ1v) is 8.39. The van der Waals surface area contributed by atoms with E-state index in [1.807, 2.05) is 29.2 Å². The summed E-state index contributed by atoms with van der Waals surface area (Å²) in [5.41, 5.74) is 0.961. The number of halogens is 1. The first-order chi connectivity index (χ1) is 10.1. The molecule has 1 aromatic rings. The molecule has 0 spiro atoms. The fourth-order valence-electron chi connectivity index (χ4n) is 2.69. The minimum Gasteiger partial charge on any atom is -0.465 e. The highest BCUT2D eigenvalue weighted by molar-refractivity contribution is 14.1. The third-order valence-corrected chi connectivity index (χ3v) is 4.69. The molecule has 21 heavy (non-hydrogen) atoms. The lowest BCUT2D eigenvalue weighted by Gasteiger charge is -2.15. The van der Waals surface area contributed by atoms with Gasteiger partial charge in [0.05, 0.1) is 13.0 Å². The van der Waals surface area contributed by atoms with E-state index in [9.17, 15) is 9.59 Å². The average Bonchev–Trinajstić information content (AvgIpc) is 3.23. The van der Waals surface area contributed by atoms with Gasteiger partial charge < -0.3 is 9.64 Å². The topological polar surface area (TPSA) is 46.6 Å². The monoisotopic (exact) mass is 399 g/mol. The van der Waals surface area contributed by atoms with Crippen molar-refractivity contribution in [2.45, 2.75) is 31.7 Å². The van der Waals surface area contributed by atoms with Crippen LogP contribution in [0.5, 0.6) is 0 Å². The predicted octanol–water partition coefficient (Wildman–Crippen LogP) is 2.39. The molecule has 3 rings (SSSR count). The van der Waals surface area contributed by atoms with E-state index in [0.717, 1.165) is 28.5 Å². The lowest BCUT2D eigenvalue weighted by atomic mass is 10.1. The largest absolute Gasteiger partial charge is 0.465 e. The molecule has 112 valence electrons. The Kier molecular flexibility index (Phi) is 4.47. The van der Waals surface area contributed by atoms with E-state index in [-0.39, 0.29) is 17.8 Å². The van der Waals surface area contributed by atoms with Crippen LogP contribution in [0.1, 0.15) is 24.8 Å². The highest BCUT2D eigenvalue weighted by atomic mass is 127. The Morgan fingerprint density at radius 3 is 2.67 bits per heavy atom. The number of hydrogen-bond donors (Lipinski definition) is 0. The standard InChI is InChI=1S/C16H18INO3/c17-13-3-1-11(2-4-13)8-16(20)21-10-12-7-15(19)18(9-12)14-5-6-14/h1-4,12,14H,5-10H2. The summed E-state index contributed by atoms with van der Waals surface area (Å²) in [5.74, 6) is 0.170. The summed E-state index contributed by atoms with van der Waals surface area (Å²) in [6.45, 7) is 1.11. The van der Waals surface area contributed by atoms with Gasteiger partial charge in [-0.2, -0.15) is 0 Å². The molecule has 1 aliphatic heterocycles. The molecule has 1 unspecified atom stereocenters. The number of benzene rings is 1. The van der Waals surface area contributed by atoms with Crippen molar-refractivity contribution >= 4 is 34.5 Å². The van der Waals surface area contributed by atoms with Gasteiger partial charge in [0.25, 0.3) is 0 Å². The van der Waals surface area contributed by atoms with Crippen LogP contribution < -0.4 is 0 Å². The number of likely N-dealkylation sites (tertiary alicyclic amines) is 1. The Hall–Kier alpha value is -1.11. The van der Waals surface area contributed by atoms with Crippen molar-refractivity contribution in [3.05, 3.63) is 33.4 Å². The first kappa shape index (κ1) is 14.8. The van der Waals surface area contributed by atoms with Gasteiger partial charge in [-0.1, -0.05) is 12.1 Å². The molecule has 1 atom stereocenters. The van der Waals surface area contributed by atoms with Crippen LogP contribution in [0.25, 0.3) is 0 Å². The van der Waals surface area contributed by atoms with Crippen LogP contribution >= 0.6 is 22.6 Å². The summed E-state index contributed by atoms with van der Waals surface area (Å²) in [6.07, 6.45) is 3.08. The Balaban J connectivity index is 1.43. The Bertz CT molecular complexity index is 539. The highest BCUT2D eigenvalue weighted by Crippen LogP contribution is 2.32. The maximum atomic E-state index is 11.8. The second kappa shape index (κ2) is 6.34. The third-order valence-electron chi connectivity index (χ3n) is 3.97. The lowest BCUT2D eigenvalue weighted by Crippen LogP contribution is -2.28. The van der Waals surface area contributed by atoms with Crippen molar-refractivity contribution in [3.8, 4) is 0 Å². The zero-order valence-electron chi connectivity index (χ0n) is 11.8. The summed E-state index contributed by atoms with van der Waals surface area (Å²) >= 11 is 2.23. The number of hydrogen-bond acceptors (Lipinski definition) is 3. The highest BCUT2D eigenvalue weighted by Gasteiger charge is 2.39. The van der Waals surface area contributed by atoms with Gasteiger partial charge in [-0.3, -0.25) is 9.59 Å². The zero-order valence-corrected chi connectivity index (χ0v) is 13.9. The molecule has 0 aromatic heterocycles. The summed E-state index contributed by atoms with van der Waals surface area (Å²) in [6, 6.07) is 8.30. The molecule has 0 N–H and O–H groups in total. The van der Waals surface area contributed by atoms with E-state index < -0.39 is 0 Å². The molecule has 1 heterocycles. The fourth-order valence-corrected chi connectivity index (χ4v) is 3.05. The zero-order chi connectivity index (χ0) is 14.8. The number of carbonyl (C=O) groups excluding carboxylic acids is 2. The van der Waals surface area contributed by atoms with Gasteiger partial charge in [-0.15, -0.1) is 0 Å². The summed E-state index contributed by atoms with van der Waals surface area (Å²) in [7, 11) is 0. The number of esters is 1. The lowest BCUT2D eigenvalue weighted by molar-refractivity contribution is -0.144. The van der Waals surface area contributed by atoms with Gasteiger partial charge in [0.1, 0.15) is 0 Å².